The fourth-order valence-corrected chi connectivity index (χ4v) is 3.46. The summed E-state index contributed by atoms with van der Waals surface area (Å²) in [6.45, 7) is 7.00. The third-order valence-electron chi connectivity index (χ3n) is 4.94. The van der Waals surface area contributed by atoms with Gasteiger partial charge in [0.2, 0.25) is 5.82 Å². The predicted molar refractivity (Wildman–Crippen MR) is 137 cm³/mol. The highest BCUT2D eigenvalue weighted by atomic mass is 35.5. The maximum atomic E-state index is 13.2. The van der Waals surface area contributed by atoms with E-state index >= 15 is 0 Å². The minimum atomic E-state index is -0.671. The quantitative estimate of drug-likeness (QED) is 0.306. The fourth-order valence-electron chi connectivity index (χ4n) is 3.25. The molecule has 0 radical (unpaired) electrons. The number of hydrogen-bond donors (Lipinski definition) is 2. The van der Waals surface area contributed by atoms with Crippen LogP contribution in [0.25, 0.3) is 22.8 Å². The number of anilines is 2. The number of aryl methyl sites for hydroxylation is 1. The highest BCUT2D eigenvalue weighted by Gasteiger charge is 2.19. The minimum Gasteiger partial charge on any atom is -0.444 e. The Kier molecular flexibility index (Phi) is 7.21. The zero-order valence-electron chi connectivity index (χ0n) is 20.4. The van der Waals surface area contributed by atoms with Gasteiger partial charge in [0.05, 0.1) is 10.6 Å². The molecule has 4 rings (SSSR count). The highest BCUT2D eigenvalue weighted by molar-refractivity contribution is 6.34. The van der Waals surface area contributed by atoms with E-state index in [0.717, 1.165) is 0 Å². The van der Waals surface area contributed by atoms with E-state index in [2.05, 4.69) is 25.8 Å². The number of rotatable bonds is 5. The Morgan fingerprint density at radius 2 is 1.76 bits per heavy atom. The largest absolute Gasteiger partial charge is 0.444 e. The van der Waals surface area contributed by atoms with Crippen LogP contribution in [-0.4, -0.2) is 32.7 Å². The van der Waals surface area contributed by atoms with Crippen molar-refractivity contribution in [3.05, 3.63) is 76.7 Å². The average molecular weight is 524 g/mol. The van der Waals surface area contributed by atoms with Crippen LogP contribution in [0.15, 0.2) is 59.3 Å². The Balaban J connectivity index is 1.49. The van der Waals surface area contributed by atoms with E-state index < -0.39 is 17.6 Å². The van der Waals surface area contributed by atoms with Crippen LogP contribution in [0.2, 0.25) is 5.02 Å². The number of carbonyl (C=O) groups excluding carboxylic acids is 2. The number of benzene rings is 2. The van der Waals surface area contributed by atoms with Gasteiger partial charge < -0.3 is 14.6 Å². The van der Waals surface area contributed by atoms with Crippen LogP contribution < -0.4 is 10.6 Å². The Bertz CT molecular complexity index is 1460. The van der Waals surface area contributed by atoms with Crippen LogP contribution in [0.5, 0.6) is 0 Å². The molecule has 0 aliphatic heterocycles. The minimum absolute atomic E-state index is 0.141. The van der Waals surface area contributed by atoms with Crippen molar-refractivity contribution in [3.8, 4) is 22.8 Å². The van der Waals surface area contributed by atoms with Gasteiger partial charge in [-0.2, -0.15) is 4.98 Å². The second kappa shape index (κ2) is 10.4. The number of hydrogen-bond acceptors (Lipinski definition) is 7. The first-order chi connectivity index (χ1) is 17.5. The van der Waals surface area contributed by atoms with Gasteiger partial charge in [0.15, 0.2) is 0 Å². The van der Waals surface area contributed by atoms with Gasteiger partial charge in [0.25, 0.3) is 11.8 Å². The molecule has 0 saturated heterocycles. The molecular weight excluding hydrogens is 501 g/mol. The molecule has 0 aliphatic carbocycles. The van der Waals surface area contributed by atoms with Crippen molar-refractivity contribution in [1.29, 1.82) is 0 Å². The van der Waals surface area contributed by atoms with Gasteiger partial charge in [-0.25, -0.2) is 14.2 Å². The normalized spacial score (nSPS) is 11.2. The molecule has 2 aromatic heterocycles. The molecule has 0 aliphatic rings. The number of nitrogens with one attached hydrogen (secondary N) is 2. The molecule has 37 heavy (non-hydrogen) atoms. The fraction of sp³-hybridized carbons (Fsp3) is 0.192. The van der Waals surface area contributed by atoms with Gasteiger partial charge in [-0.05, 0) is 81.8 Å². The second-order valence-electron chi connectivity index (χ2n) is 9.10. The van der Waals surface area contributed by atoms with E-state index in [1.807, 2.05) is 0 Å². The lowest BCUT2D eigenvalue weighted by atomic mass is 10.1. The first-order valence-corrected chi connectivity index (χ1v) is 11.5. The van der Waals surface area contributed by atoms with Crippen molar-refractivity contribution in [3.63, 3.8) is 0 Å². The van der Waals surface area contributed by atoms with Crippen LogP contribution in [-0.2, 0) is 4.74 Å². The molecule has 2 aromatic carbocycles. The molecule has 2 N–H and O–H groups in total. The number of amides is 2. The lowest BCUT2D eigenvalue weighted by Gasteiger charge is -2.20. The van der Waals surface area contributed by atoms with E-state index in [0.29, 0.717) is 28.2 Å². The summed E-state index contributed by atoms with van der Waals surface area (Å²) in [6.07, 6.45) is 0.836. The van der Waals surface area contributed by atoms with Crippen LogP contribution in [0.4, 0.5) is 20.7 Å². The number of carbonyl (C=O) groups is 2. The van der Waals surface area contributed by atoms with Gasteiger partial charge in [0.1, 0.15) is 17.2 Å². The summed E-state index contributed by atoms with van der Waals surface area (Å²) in [5, 5.41) is 9.46. The molecule has 0 bridgehead atoms. The van der Waals surface area contributed by atoms with Crippen molar-refractivity contribution in [2.24, 2.45) is 0 Å². The summed E-state index contributed by atoms with van der Waals surface area (Å²) in [5.41, 5.74) is 1.60. The molecule has 190 valence electrons. The Morgan fingerprint density at radius 1 is 1.03 bits per heavy atom. The topological polar surface area (TPSA) is 119 Å². The third kappa shape index (κ3) is 6.47. The van der Waals surface area contributed by atoms with E-state index in [-0.39, 0.29) is 28.1 Å². The Morgan fingerprint density at radius 3 is 2.43 bits per heavy atom. The van der Waals surface area contributed by atoms with Crippen molar-refractivity contribution >= 4 is 35.1 Å². The van der Waals surface area contributed by atoms with Gasteiger partial charge in [-0.15, -0.1) is 0 Å². The van der Waals surface area contributed by atoms with Gasteiger partial charge in [0, 0.05) is 23.0 Å². The van der Waals surface area contributed by atoms with E-state index in [9.17, 15) is 14.0 Å². The predicted octanol–water partition coefficient (Wildman–Crippen LogP) is 6.50. The summed E-state index contributed by atoms with van der Waals surface area (Å²) in [4.78, 5) is 33.7. The Labute approximate surface area is 217 Å². The number of aromatic nitrogens is 3. The number of nitrogens with zero attached hydrogens (tertiary/aromatic N) is 3. The summed E-state index contributed by atoms with van der Waals surface area (Å²) in [5.74, 6) is -0.0542. The van der Waals surface area contributed by atoms with E-state index in [4.69, 9.17) is 20.9 Å². The molecule has 2 amide bonds. The smallest absolute Gasteiger partial charge is 0.412 e. The number of halogens is 2. The molecule has 9 nitrogen and oxygen atoms in total. The van der Waals surface area contributed by atoms with Gasteiger partial charge in [-0.1, -0.05) is 16.8 Å². The molecule has 4 aromatic rings. The molecular formula is C26H23ClFN5O4. The van der Waals surface area contributed by atoms with Crippen molar-refractivity contribution in [2.75, 3.05) is 10.6 Å². The molecule has 0 atom stereocenters. The van der Waals surface area contributed by atoms with E-state index in [1.54, 1.807) is 39.8 Å². The SMILES string of the molecule is Cc1cc(-c2noc(-c3ccc(F)cc3)n2)cnc1NC(=O)c1cc(NC(=O)OC(C)(C)C)ccc1Cl. The molecule has 0 saturated carbocycles. The van der Waals surface area contributed by atoms with E-state index in [1.165, 1.54) is 42.6 Å². The summed E-state index contributed by atoms with van der Waals surface area (Å²) >= 11 is 6.23. The first-order valence-electron chi connectivity index (χ1n) is 11.2. The summed E-state index contributed by atoms with van der Waals surface area (Å²) in [6, 6.07) is 11.9. The Hall–Kier alpha value is -4.31. The maximum Gasteiger partial charge on any atom is 0.412 e. The maximum absolute atomic E-state index is 13.2. The van der Waals surface area contributed by atoms with Crippen molar-refractivity contribution in [2.45, 2.75) is 33.3 Å². The molecule has 0 fully saturated rings. The lowest BCUT2D eigenvalue weighted by Crippen LogP contribution is -2.27. The molecule has 0 unspecified atom stereocenters. The molecule has 2 heterocycles. The first kappa shape index (κ1) is 25.8. The van der Waals surface area contributed by atoms with Crippen LogP contribution in [0.1, 0.15) is 36.7 Å². The number of ether oxygens (including phenoxy) is 1. The number of pyridine rings is 1. The van der Waals surface area contributed by atoms with Crippen LogP contribution in [0.3, 0.4) is 0 Å². The zero-order chi connectivity index (χ0) is 26.7. The third-order valence-corrected chi connectivity index (χ3v) is 5.27. The van der Waals surface area contributed by atoms with Crippen LogP contribution >= 0.6 is 11.6 Å². The average Bonchev–Trinajstić information content (AvgIpc) is 3.31. The molecule has 0 spiro atoms. The monoisotopic (exact) mass is 523 g/mol. The zero-order valence-corrected chi connectivity index (χ0v) is 21.2. The standard InChI is InChI=1S/C26H23ClFN5O4/c1-14-11-16(22-32-24(37-33-22)15-5-7-17(28)8-6-15)13-29-21(14)31-23(34)19-12-18(9-10-20(19)27)30-25(35)36-26(2,3)4/h5-13H,1-4H3,(H,30,35)(H,29,31,34). The van der Waals surface area contributed by atoms with Crippen molar-refractivity contribution < 1.29 is 23.2 Å². The lowest BCUT2D eigenvalue weighted by molar-refractivity contribution is 0.0635. The second-order valence-corrected chi connectivity index (χ2v) is 9.50. The van der Waals surface area contributed by atoms with Gasteiger partial charge in [-0.3, -0.25) is 10.1 Å². The van der Waals surface area contributed by atoms with Crippen molar-refractivity contribution in [1.82, 2.24) is 15.1 Å². The highest BCUT2D eigenvalue weighted by Crippen LogP contribution is 2.26. The molecule has 11 heteroatoms. The van der Waals surface area contributed by atoms with Gasteiger partial charge >= 0.3 is 6.09 Å². The summed E-state index contributed by atoms with van der Waals surface area (Å²) in [7, 11) is 0. The van der Waals surface area contributed by atoms with Crippen LogP contribution in [0, 0.1) is 12.7 Å². The summed E-state index contributed by atoms with van der Waals surface area (Å²) < 4.78 is 23.7.